The zero-order valence-corrected chi connectivity index (χ0v) is 18.5. The fraction of sp³-hybridized carbons (Fsp3) is 0.304. The Morgan fingerprint density at radius 2 is 2.15 bits per heavy atom. The average Bonchev–Trinajstić information content (AvgIpc) is 3.55. The summed E-state index contributed by atoms with van der Waals surface area (Å²) in [5.74, 6) is 1.08. The Morgan fingerprint density at radius 1 is 1.24 bits per heavy atom. The molecule has 1 fully saturated rings. The van der Waals surface area contributed by atoms with Gasteiger partial charge < -0.3 is 14.7 Å². The molecule has 0 aromatic carbocycles. The summed E-state index contributed by atoms with van der Waals surface area (Å²) < 4.78 is 22.4. The molecule has 5 aromatic heterocycles. The molecule has 0 aliphatic carbocycles. The quantitative estimate of drug-likeness (QED) is 0.413. The second-order valence-corrected chi connectivity index (χ2v) is 8.36. The third-order valence-corrected chi connectivity index (χ3v) is 6.25. The topological polar surface area (TPSA) is 109 Å². The second kappa shape index (κ2) is 8.10. The van der Waals surface area contributed by atoms with Crippen molar-refractivity contribution in [1.29, 1.82) is 0 Å². The van der Waals surface area contributed by atoms with Gasteiger partial charge in [-0.3, -0.25) is 9.78 Å². The first-order valence-corrected chi connectivity index (χ1v) is 11.2. The van der Waals surface area contributed by atoms with Crippen LogP contribution < -0.4 is 9.64 Å². The van der Waals surface area contributed by atoms with Crippen molar-refractivity contribution in [2.24, 2.45) is 0 Å². The summed E-state index contributed by atoms with van der Waals surface area (Å²) in [6.07, 6.45) is 7.88. The second-order valence-electron chi connectivity index (χ2n) is 8.36. The number of β-amino-alcohol motifs (C(OH)–C–C–N with tert-alkyl or cyclic N) is 1. The van der Waals surface area contributed by atoms with Gasteiger partial charge in [0, 0.05) is 30.4 Å². The molecule has 10 nitrogen and oxygen atoms in total. The van der Waals surface area contributed by atoms with Crippen molar-refractivity contribution < 1.29 is 14.2 Å². The molecule has 174 valence electrons. The Kier molecular flexibility index (Phi) is 4.91. The van der Waals surface area contributed by atoms with Gasteiger partial charge in [-0.1, -0.05) is 0 Å². The van der Waals surface area contributed by atoms with Gasteiger partial charge in [-0.2, -0.15) is 10.2 Å². The van der Waals surface area contributed by atoms with Crippen molar-refractivity contribution >= 4 is 22.4 Å². The number of H-pyrrole nitrogens is 1. The number of piperidine rings is 1. The summed E-state index contributed by atoms with van der Waals surface area (Å²) in [7, 11) is 0. The van der Waals surface area contributed by atoms with E-state index in [1.807, 2.05) is 42.4 Å². The van der Waals surface area contributed by atoms with Crippen LogP contribution in [-0.4, -0.2) is 65.5 Å². The number of aliphatic hydroxyl groups excluding tert-OH is 1. The lowest BCUT2D eigenvalue weighted by Crippen LogP contribution is -2.45. The number of aromatic amines is 1. The minimum absolute atomic E-state index is 0.256. The summed E-state index contributed by atoms with van der Waals surface area (Å²) in [5, 5.41) is 27.2. The van der Waals surface area contributed by atoms with E-state index in [-0.39, 0.29) is 6.04 Å². The van der Waals surface area contributed by atoms with Gasteiger partial charge in [0.05, 0.1) is 54.4 Å². The highest BCUT2D eigenvalue weighted by Gasteiger charge is 2.30. The Morgan fingerprint density at radius 3 is 2.88 bits per heavy atom. The van der Waals surface area contributed by atoms with Gasteiger partial charge in [0.1, 0.15) is 11.6 Å². The number of hydrogen-bond acceptors (Lipinski definition) is 7. The van der Waals surface area contributed by atoms with Crippen LogP contribution in [0.3, 0.4) is 0 Å². The molecule has 2 N–H and O–H groups in total. The number of nitrogens with zero attached hydrogens (tertiary/aromatic N) is 7. The Bertz CT molecular complexity index is 1460. The first-order chi connectivity index (χ1) is 16.6. The SMILES string of the molecule is CCOc1cc(-c2ccc(N3CC[C@H](n4cc(F)cn4)[C@H](O)C3)nc2)c2c3cn[nH]c3nn2c1. The van der Waals surface area contributed by atoms with E-state index < -0.39 is 11.9 Å². The van der Waals surface area contributed by atoms with E-state index in [0.717, 1.165) is 34.0 Å². The number of pyridine rings is 2. The molecule has 6 heterocycles. The predicted molar refractivity (Wildman–Crippen MR) is 123 cm³/mol. The summed E-state index contributed by atoms with van der Waals surface area (Å²) in [5.41, 5.74) is 3.48. The molecular weight excluding hydrogens is 439 g/mol. The van der Waals surface area contributed by atoms with Gasteiger partial charge in [0.25, 0.3) is 0 Å². The van der Waals surface area contributed by atoms with E-state index in [9.17, 15) is 9.50 Å². The van der Waals surface area contributed by atoms with Gasteiger partial charge in [0.2, 0.25) is 0 Å². The highest BCUT2D eigenvalue weighted by atomic mass is 19.1. The molecule has 5 aromatic rings. The van der Waals surface area contributed by atoms with Crippen LogP contribution >= 0.6 is 0 Å². The van der Waals surface area contributed by atoms with Crippen LogP contribution in [0.25, 0.3) is 27.7 Å². The molecule has 0 radical (unpaired) electrons. The number of hydrogen-bond donors (Lipinski definition) is 2. The summed E-state index contributed by atoms with van der Waals surface area (Å²) in [6, 6.07) is 5.69. The van der Waals surface area contributed by atoms with Crippen molar-refractivity contribution in [3.8, 4) is 16.9 Å². The molecule has 0 saturated carbocycles. The predicted octanol–water partition coefficient (Wildman–Crippen LogP) is 2.82. The van der Waals surface area contributed by atoms with E-state index in [4.69, 9.17) is 4.74 Å². The van der Waals surface area contributed by atoms with Gasteiger partial charge in [-0.25, -0.2) is 13.9 Å². The number of aliphatic hydroxyl groups is 1. The lowest BCUT2D eigenvalue weighted by molar-refractivity contribution is 0.0912. The Labute approximate surface area is 193 Å². The lowest BCUT2D eigenvalue weighted by atomic mass is 10.0. The number of aromatic nitrogens is 7. The average molecular weight is 462 g/mol. The van der Waals surface area contributed by atoms with Crippen LogP contribution in [0.4, 0.5) is 10.2 Å². The van der Waals surface area contributed by atoms with E-state index in [0.29, 0.717) is 37.5 Å². The maximum Gasteiger partial charge on any atom is 0.178 e. The first-order valence-electron chi connectivity index (χ1n) is 11.2. The van der Waals surface area contributed by atoms with Crippen LogP contribution in [0.2, 0.25) is 0 Å². The van der Waals surface area contributed by atoms with Gasteiger partial charge in [-0.15, -0.1) is 5.10 Å². The number of ether oxygens (including phenoxy) is 1. The van der Waals surface area contributed by atoms with Crippen LogP contribution in [-0.2, 0) is 0 Å². The van der Waals surface area contributed by atoms with Crippen molar-refractivity contribution in [3.63, 3.8) is 0 Å². The molecule has 1 aliphatic heterocycles. The third-order valence-electron chi connectivity index (χ3n) is 6.25. The molecule has 6 rings (SSSR count). The minimum Gasteiger partial charge on any atom is -0.492 e. The summed E-state index contributed by atoms with van der Waals surface area (Å²) in [4.78, 5) is 6.72. The molecule has 0 amide bonds. The first kappa shape index (κ1) is 20.6. The maximum absolute atomic E-state index is 13.3. The van der Waals surface area contributed by atoms with Gasteiger partial charge in [0.15, 0.2) is 11.5 Å². The van der Waals surface area contributed by atoms with Crippen LogP contribution in [0.5, 0.6) is 5.75 Å². The molecule has 0 bridgehead atoms. The van der Waals surface area contributed by atoms with Crippen molar-refractivity contribution in [3.05, 3.63) is 55.0 Å². The number of rotatable bonds is 5. The van der Waals surface area contributed by atoms with Gasteiger partial charge >= 0.3 is 0 Å². The summed E-state index contributed by atoms with van der Waals surface area (Å²) in [6.45, 7) is 3.56. The molecule has 11 heteroatoms. The largest absolute Gasteiger partial charge is 0.492 e. The number of anilines is 1. The zero-order valence-electron chi connectivity index (χ0n) is 18.5. The maximum atomic E-state index is 13.3. The Balaban J connectivity index is 1.30. The fourth-order valence-electron chi connectivity index (χ4n) is 4.67. The standard InChI is InChI=1S/C23H23FN8O2/c1-2-34-16-7-17(22-18-10-26-28-23(18)29-32(22)12-16)14-3-4-21(25-8-14)30-6-5-19(20(33)13-30)31-11-15(24)9-27-31/h3-4,7-12,19-20,33H,2,5-6,13H2,1H3,(H,28,29)/t19-,20+/m0/s1. The number of nitrogens with one attached hydrogen (secondary N) is 1. The minimum atomic E-state index is -0.682. The lowest BCUT2D eigenvalue weighted by Gasteiger charge is -2.36. The Hall–Kier alpha value is -3.99. The van der Waals surface area contributed by atoms with Crippen molar-refractivity contribution in [1.82, 2.24) is 34.6 Å². The summed E-state index contributed by atoms with van der Waals surface area (Å²) >= 11 is 0. The van der Waals surface area contributed by atoms with Crippen LogP contribution in [0.1, 0.15) is 19.4 Å². The normalized spacial score (nSPS) is 18.7. The third kappa shape index (κ3) is 3.45. The fourth-order valence-corrected chi connectivity index (χ4v) is 4.67. The van der Waals surface area contributed by atoms with E-state index in [1.165, 1.54) is 10.9 Å². The highest BCUT2D eigenvalue weighted by Crippen LogP contribution is 2.34. The zero-order chi connectivity index (χ0) is 23.2. The molecule has 0 spiro atoms. The molecule has 34 heavy (non-hydrogen) atoms. The monoisotopic (exact) mass is 462 g/mol. The van der Waals surface area contributed by atoms with E-state index in [2.05, 4.69) is 25.4 Å². The molecular formula is C23H23FN8O2. The van der Waals surface area contributed by atoms with E-state index in [1.54, 1.807) is 10.7 Å². The van der Waals surface area contributed by atoms with Gasteiger partial charge in [-0.05, 0) is 31.5 Å². The smallest absolute Gasteiger partial charge is 0.178 e. The number of fused-ring (bicyclic) bond motifs is 3. The van der Waals surface area contributed by atoms with Crippen molar-refractivity contribution in [2.75, 3.05) is 24.6 Å². The van der Waals surface area contributed by atoms with E-state index >= 15 is 0 Å². The molecule has 1 aliphatic rings. The van der Waals surface area contributed by atoms with Crippen LogP contribution in [0, 0.1) is 5.82 Å². The van der Waals surface area contributed by atoms with Crippen molar-refractivity contribution in [2.45, 2.75) is 25.5 Å². The number of halogens is 1. The molecule has 1 saturated heterocycles. The highest BCUT2D eigenvalue weighted by molar-refractivity contribution is 6.00. The van der Waals surface area contributed by atoms with Crippen LogP contribution in [0.15, 0.2) is 49.2 Å². The molecule has 0 unspecified atom stereocenters. The molecule has 2 atom stereocenters.